The molecule has 0 saturated carbocycles. The van der Waals surface area contributed by atoms with Crippen molar-refractivity contribution in [3.05, 3.63) is 46.0 Å². The number of aromatic hydroxyl groups is 3. The number of hydrogen-bond acceptors (Lipinski definition) is 13. The van der Waals surface area contributed by atoms with Crippen LogP contribution in [-0.4, -0.2) is 101 Å². The van der Waals surface area contributed by atoms with E-state index in [4.69, 9.17) is 9.47 Å². The molecule has 1 fully saturated rings. The molecule has 4 rings (SSSR count). The van der Waals surface area contributed by atoms with E-state index in [-0.39, 0.29) is 24.0 Å². The molecule has 0 amide bonds. The number of carbonyl (C=O) groups is 2. The Hall–Kier alpha value is -3.30. The number of phenolic OH excluding ortho intramolecular Hbond substituents is 3. The third-order valence-corrected chi connectivity index (χ3v) is 6.85. The van der Waals surface area contributed by atoms with Crippen molar-refractivity contribution in [1.82, 2.24) is 0 Å². The highest BCUT2D eigenvalue weighted by Crippen LogP contribution is 2.46. The molecule has 2 aromatic rings. The quantitative estimate of drug-likeness (QED) is 0.161. The van der Waals surface area contributed by atoms with Crippen LogP contribution in [0.2, 0.25) is 0 Å². The summed E-state index contributed by atoms with van der Waals surface area (Å²) in [5.41, 5.74) is -2.10. The standard InChI is InChI=1S/C26H30O13/c1-9(28)3-2-4-13(30)19-16(38-26-24(37)23(36)25(39-26)15(32)8-27)7-12-18(22(19)35)21(34)17-11(20(12)33)5-10(29)6-14(17)31/h5-7,9,13,15,23-32,35-37H,2-4,8H2,1H3/t9?,13-,15+,23+,24+,25-,26+/m0/s1. The van der Waals surface area contributed by atoms with Crippen LogP contribution in [0.3, 0.4) is 0 Å². The molecule has 13 nitrogen and oxygen atoms in total. The van der Waals surface area contributed by atoms with Crippen molar-refractivity contribution in [2.45, 2.75) is 69.1 Å². The Kier molecular flexibility index (Phi) is 8.14. The van der Waals surface area contributed by atoms with E-state index in [1.165, 1.54) is 0 Å². The molecule has 39 heavy (non-hydrogen) atoms. The molecule has 2 aromatic carbocycles. The van der Waals surface area contributed by atoms with Gasteiger partial charge in [0.1, 0.15) is 47.4 Å². The van der Waals surface area contributed by atoms with Gasteiger partial charge in [0.2, 0.25) is 12.1 Å². The molecule has 9 N–H and O–H groups in total. The van der Waals surface area contributed by atoms with Crippen LogP contribution in [-0.2, 0) is 4.74 Å². The SMILES string of the molecule is CC(O)CCC[C@H](O)c1c(O[C@@H]2O[C@@H]([C@H](O)CO)[C@H](O)[C@H]2O)cc2c(c1O)C(=O)c1c(O)cc(O)cc1C2=O. The zero-order valence-corrected chi connectivity index (χ0v) is 20.8. The van der Waals surface area contributed by atoms with Gasteiger partial charge in [-0.3, -0.25) is 9.59 Å². The molecule has 1 heterocycles. The first-order valence-corrected chi connectivity index (χ1v) is 12.3. The summed E-state index contributed by atoms with van der Waals surface area (Å²) in [7, 11) is 0. The van der Waals surface area contributed by atoms with Crippen molar-refractivity contribution in [2.75, 3.05) is 6.61 Å². The van der Waals surface area contributed by atoms with Crippen LogP contribution in [0, 0.1) is 0 Å². The molecule has 7 atom stereocenters. The normalized spacial score (nSPS) is 24.7. The van der Waals surface area contributed by atoms with E-state index in [1.807, 2.05) is 0 Å². The summed E-state index contributed by atoms with van der Waals surface area (Å²) in [5.74, 6) is -4.27. The van der Waals surface area contributed by atoms with Crippen molar-refractivity contribution < 1.29 is 65.0 Å². The lowest BCUT2D eigenvalue weighted by atomic mass is 9.81. The Bertz CT molecular complexity index is 1270. The summed E-state index contributed by atoms with van der Waals surface area (Å²) in [6.07, 6.45) is -9.85. The lowest BCUT2D eigenvalue weighted by Crippen LogP contribution is -2.40. The van der Waals surface area contributed by atoms with Gasteiger partial charge in [0, 0.05) is 17.2 Å². The molecule has 0 bridgehead atoms. The number of ketones is 2. The van der Waals surface area contributed by atoms with E-state index in [2.05, 4.69) is 0 Å². The van der Waals surface area contributed by atoms with E-state index in [9.17, 15) is 55.5 Å². The molecule has 0 aromatic heterocycles. The fourth-order valence-corrected chi connectivity index (χ4v) is 4.86. The predicted octanol–water partition coefficient (Wildman–Crippen LogP) is -0.658. The first-order chi connectivity index (χ1) is 18.4. The summed E-state index contributed by atoms with van der Waals surface area (Å²) in [6.45, 7) is 0.744. The summed E-state index contributed by atoms with van der Waals surface area (Å²) in [5, 5.41) is 91.6. The second-order valence-electron chi connectivity index (χ2n) is 9.72. The van der Waals surface area contributed by atoms with Gasteiger partial charge in [0.15, 0.2) is 5.78 Å². The number of ether oxygens (including phenoxy) is 2. The lowest BCUT2D eigenvalue weighted by Gasteiger charge is -2.26. The van der Waals surface area contributed by atoms with Crippen LogP contribution >= 0.6 is 0 Å². The van der Waals surface area contributed by atoms with Crippen LogP contribution in [0.5, 0.6) is 23.0 Å². The fraction of sp³-hybridized carbons (Fsp3) is 0.462. The largest absolute Gasteiger partial charge is 0.508 e. The Balaban J connectivity index is 1.81. The molecule has 212 valence electrons. The molecule has 13 heteroatoms. The molecular weight excluding hydrogens is 520 g/mol. The molecule has 1 unspecified atom stereocenters. The van der Waals surface area contributed by atoms with Gasteiger partial charge in [0.25, 0.3) is 0 Å². The Morgan fingerprint density at radius 1 is 0.923 bits per heavy atom. The summed E-state index contributed by atoms with van der Waals surface area (Å²) in [6, 6.07) is 2.84. The lowest BCUT2D eigenvalue weighted by molar-refractivity contribution is -0.137. The van der Waals surface area contributed by atoms with Crippen molar-refractivity contribution in [2.24, 2.45) is 0 Å². The molecule has 0 radical (unpaired) electrons. The minimum atomic E-state index is -1.76. The van der Waals surface area contributed by atoms with Crippen LogP contribution in [0.15, 0.2) is 18.2 Å². The van der Waals surface area contributed by atoms with Crippen molar-refractivity contribution in [3.63, 3.8) is 0 Å². The number of aliphatic hydroxyl groups is 6. The molecule has 0 spiro atoms. The average Bonchev–Trinajstić information content (AvgIpc) is 3.14. The first kappa shape index (κ1) is 28.7. The van der Waals surface area contributed by atoms with Gasteiger partial charge in [-0.2, -0.15) is 0 Å². The first-order valence-electron chi connectivity index (χ1n) is 12.3. The molecular formula is C26H30O13. The maximum atomic E-state index is 13.3. The Morgan fingerprint density at radius 3 is 2.23 bits per heavy atom. The van der Waals surface area contributed by atoms with Crippen LogP contribution in [0.25, 0.3) is 0 Å². The second-order valence-corrected chi connectivity index (χ2v) is 9.72. The monoisotopic (exact) mass is 550 g/mol. The smallest absolute Gasteiger partial charge is 0.229 e. The van der Waals surface area contributed by atoms with Crippen molar-refractivity contribution >= 4 is 11.6 Å². The van der Waals surface area contributed by atoms with Crippen molar-refractivity contribution in [1.29, 1.82) is 0 Å². The third-order valence-electron chi connectivity index (χ3n) is 6.85. The average molecular weight is 551 g/mol. The zero-order chi connectivity index (χ0) is 28.8. The maximum absolute atomic E-state index is 13.3. The number of fused-ring (bicyclic) bond motifs is 2. The van der Waals surface area contributed by atoms with Gasteiger partial charge in [-0.05, 0) is 38.3 Å². The Labute approximate surface area is 221 Å². The maximum Gasteiger partial charge on any atom is 0.229 e. The van der Waals surface area contributed by atoms with Gasteiger partial charge in [-0.25, -0.2) is 0 Å². The highest BCUT2D eigenvalue weighted by atomic mass is 16.7. The van der Waals surface area contributed by atoms with Crippen LogP contribution in [0.4, 0.5) is 0 Å². The fourth-order valence-electron chi connectivity index (χ4n) is 4.86. The van der Waals surface area contributed by atoms with Gasteiger partial charge in [-0.15, -0.1) is 0 Å². The molecule has 2 aliphatic rings. The van der Waals surface area contributed by atoms with E-state index >= 15 is 0 Å². The number of benzene rings is 2. The number of carbonyl (C=O) groups excluding carboxylic acids is 2. The van der Waals surface area contributed by atoms with Gasteiger partial charge in [0.05, 0.1) is 35.5 Å². The van der Waals surface area contributed by atoms with Crippen molar-refractivity contribution in [3.8, 4) is 23.0 Å². The third kappa shape index (κ3) is 5.17. The van der Waals surface area contributed by atoms with Crippen LogP contribution < -0.4 is 4.74 Å². The summed E-state index contributed by atoms with van der Waals surface area (Å²) >= 11 is 0. The minimum Gasteiger partial charge on any atom is -0.508 e. The van der Waals surface area contributed by atoms with E-state index < -0.39 is 101 Å². The molecule has 1 aliphatic carbocycles. The second kappa shape index (κ2) is 11.1. The summed E-state index contributed by atoms with van der Waals surface area (Å²) in [4.78, 5) is 26.6. The number of phenols is 3. The number of hydrogen-bond donors (Lipinski definition) is 9. The van der Waals surface area contributed by atoms with E-state index in [0.717, 1.165) is 18.2 Å². The van der Waals surface area contributed by atoms with E-state index in [0.29, 0.717) is 6.42 Å². The zero-order valence-electron chi connectivity index (χ0n) is 20.8. The topological polar surface area (TPSA) is 235 Å². The van der Waals surface area contributed by atoms with Crippen LogP contribution in [0.1, 0.15) is 69.7 Å². The highest BCUT2D eigenvalue weighted by molar-refractivity contribution is 6.30. The van der Waals surface area contributed by atoms with Gasteiger partial charge in [-0.1, -0.05) is 0 Å². The predicted molar refractivity (Wildman–Crippen MR) is 130 cm³/mol. The molecule has 1 saturated heterocycles. The summed E-state index contributed by atoms with van der Waals surface area (Å²) < 4.78 is 11.0. The van der Waals surface area contributed by atoms with Gasteiger partial charge < -0.3 is 55.4 Å². The number of aliphatic hydroxyl groups excluding tert-OH is 6. The minimum absolute atomic E-state index is 0.0337. The molecule has 1 aliphatic heterocycles. The number of rotatable bonds is 9. The van der Waals surface area contributed by atoms with Gasteiger partial charge >= 0.3 is 0 Å². The highest BCUT2D eigenvalue weighted by Gasteiger charge is 2.48. The Morgan fingerprint density at radius 2 is 1.59 bits per heavy atom. The van der Waals surface area contributed by atoms with E-state index in [1.54, 1.807) is 6.92 Å².